The summed E-state index contributed by atoms with van der Waals surface area (Å²) >= 11 is 0. The maximum atomic E-state index is 13.3. The molecule has 1 saturated heterocycles. The van der Waals surface area contributed by atoms with Crippen LogP contribution in [0, 0.1) is 6.92 Å². The van der Waals surface area contributed by atoms with Crippen molar-refractivity contribution in [3.8, 4) is 5.75 Å². The molecule has 146 valence electrons. The van der Waals surface area contributed by atoms with Crippen molar-refractivity contribution in [1.82, 2.24) is 20.4 Å². The van der Waals surface area contributed by atoms with Gasteiger partial charge in [-0.25, -0.2) is 0 Å². The van der Waals surface area contributed by atoms with Gasteiger partial charge in [0.25, 0.3) is 5.91 Å². The molecule has 2 heterocycles. The van der Waals surface area contributed by atoms with Crippen LogP contribution >= 0.6 is 0 Å². The second kappa shape index (κ2) is 8.54. The molecular weight excluding hydrogens is 344 g/mol. The van der Waals surface area contributed by atoms with Gasteiger partial charge in [0.15, 0.2) is 5.60 Å². The topological polar surface area (TPSA) is 77.4 Å². The summed E-state index contributed by atoms with van der Waals surface area (Å²) in [5.74, 6) is 0.592. The number of carbonyl (C=O) groups excluding carboxylic acids is 1. The van der Waals surface area contributed by atoms with Crippen molar-refractivity contribution in [3.05, 3.63) is 47.8 Å². The molecule has 1 aromatic carbocycles. The van der Waals surface area contributed by atoms with Gasteiger partial charge in [-0.2, -0.15) is 5.10 Å². The highest BCUT2D eigenvalue weighted by Crippen LogP contribution is 2.28. The van der Waals surface area contributed by atoms with Gasteiger partial charge in [0.1, 0.15) is 5.75 Å². The number of hydrogen-bond donors (Lipinski definition) is 2. The molecule has 2 aromatic rings. The van der Waals surface area contributed by atoms with Crippen LogP contribution in [-0.4, -0.2) is 48.1 Å². The van der Waals surface area contributed by atoms with Crippen LogP contribution in [0.1, 0.15) is 30.1 Å². The first-order chi connectivity index (χ1) is 13.0. The third-order valence-corrected chi connectivity index (χ3v) is 5.01. The molecule has 0 unspecified atom stereocenters. The Balaban J connectivity index is 1.81. The minimum Gasteiger partial charge on any atom is -0.477 e. The molecule has 1 aliphatic rings. The van der Waals surface area contributed by atoms with Crippen molar-refractivity contribution in [2.75, 3.05) is 26.8 Å². The van der Waals surface area contributed by atoms with Crippen molar-refractivity contribution >= 4 is 5.91 Å². The van der Waals surface area contributed by atoms with E-state index >= 15 is 0 Å². The Morgan fingerprint density at radius 1 is 1.30 bits per heavy atom. The lowest BCUT2D eigenvalue weighted by molar-refractivity contribution is -0.140. The summed E-state index contributed by atoms with van der Waals surface area (Å²) in [5.41, 5.74) is 1.15. The molecule has 0 radical (unpaired) electrons. The number of benzene rings is 1. The fourth-order valence-electron chi connectivity index (χ4n) is 3.42. The van der Waals surface area contributed by atoms with E-state index < -0.39 is 5.60 Å². The third-order valence-electron chi connectivity index (χ3n) is 5.01. The van der Waals surface area contributed by atoms with Gasteiger partial charge in [-0.1, -0.05) is 17.7 Å². The number of aromatic nitrogens is 2. The number of hydrogen-bond acceptors (Lipinski definition) is 5. The molecule has 1 atom stereocenters. The fraction of sp³-hybridized carbons (Fsp3) is 0.500. The highest BCUT2D eigenvalue weighted by atomic mass is 16.5. The van der Waals surface area contributed by atoms with Crippen molar-refractivity contribution in [3.63, 3.8) is 0 Å². The van der Waals surface area contributed by atoms with E-state index in [0.29, 0.717) is 25.2 Å². The third kappa shape index (κ3) is 4.48. The Labute approximate surface area is 160 Å². The number of aryl methyl sites for hydroxylation is 2. The Bertz CT molecular complexity index is 751. The van der Waals surface area contributed by atoms with E-state index in [4.69, 9.17) is 9.47 Å². The summed E-state index contributed by atoms with van der Waals surface area (Å²) in [6, 6.07) is 9.42. The van der Waals surface area contributed by atoms with Crippen molar-refractivity contribution in [1.29, 1.82) is 0 Å². The van der Waals surface area contributed by atoms with Crippen molar-refractivity contribution in [2.24, 2.45) is 7.05 Å². The lowest BCUT2D eigenvalue weighted by atomic mass is 9.90. The lowest BCUT2D eigenvalue weighted by Gasteiger charge is -2.37. The molecular formula is C20H28N4O3. The van der Waals surface area contributed by atoms with Gasteiger partial charge < -0.3 is 20.1 Å². The number of amides is 1. The molecule has 27 heavy (non-hydrogen) atoms. The number of nitrogens with zero attached hydrogens (tertiary/aromatic N) is 2. The zero-order chi connectivity index (χ0) is 19.3. The average Bonchev–Trinajstić information content (AvgIpc) is 3.10. The van der Waals surface area contributed by atoms with E-state index in [1.165, 1.54) is 0 Å². The van der Waals surface area contributed by atoms with Gasteiger partial charge in [0.2, 0.25) is 0 Å². The summed E-state index contributed by atoms with van der Waals surface area (Å²) in [7, 11) is 3.48. The molecule has 1 aliphatic heterocycles. The van der Waals surface area contributed by atoms with Gasteiger partial charge in [-0.15, -0.1) is 0 Å². The van der Waals surface area contributed by atoms with Gasteiger partial charge in [-0.3, -0.25) is 9.48 Å². The maximum absolute atomic E-state index is 13.3. The smallest absolute Gasteiger partial charge is 0.264 e. The first kappa shape index (κ1) is 19.4. The van der Waals surface area contributed by atoms with Crippen molar-refractivity contribution < 1.29 is 14.3 Å². The number of carbonyl (C=O) groups is 1. The largest absolute Gasteiger partial charge is 0.477 e. The van der Waals surface area contributed by atoms with Gasteiger partial charge in [0.05, 0.1) is 18.3 Å². The van der Waals surface area contributed by atoms with Crippen LogP contribution in [0.25, 0.3) is 0 Å². The molecule has 1 amide bonds. The lowest BCUT2D eigenvalue weighted by Crippen LogP contribution is -2.57. The van der Waals surface area contributed by atoms with Crippen LogP contribution in [0.15, 0.2) is 36.5 Å². The predicted molar refractivity (Wildman–Crippen MR) is 103 cm³/mol. The molecule has 2 N–H and O–H groups in total. The summed E-state index contributed by atoms with van der Waals surface area (Å²) < 4.78 is 13.3. The van der Waals surface area contributed by atoms with E-state index in [1.807, 2.05) is 44.3 Å². The van der Waals surface area contributed by atoms with Crippen LogP contribution in [0.5, 0.6) is 5.75 Å². The molecule has 0 saturated carbocycles. The number of methoxy groups -OCH3 is 1. The highest BCUT2D eigenvalue weighted by Gasteiger charge is 2.43. The summed E-state index contributed by atoms with van der Waals surface area (Å²) in [6.07, 6.45) is 2.93. The zero-order valence-electron chi connectivity index (χ0n) is 16.2. The SMILES string of the molecule is COC[C@H](NC(=O)C1(Oc2ccc(C)cc2)CCNCC1)c1ccnn1C. The molecule has 0 bridgehead atoms. The van der Waals surface area contributed by atoms with E-state index in [9.17, 15) is 4.79 Å². The number of nitrogens with one attached hydrogen (secondary N) is 2. The van der Waals surface area contributed by atoms with Crippen LogP contribution < -0.4 is 15.4 Å². The van der Waals surface area contributed by atoms with Crippen LogP contribution in [0.2, 0.25) is 0 Å². The molecule has 7 nitrogen and oxygen atoms in total. The zero-order valence-corrected chi connectivity index (χ0v) is 16.2. The monoisotopic (exact) mass is 372 g/mol. The molecule has 3 rings (SSSR count). The normalized spacial score (nSPS) is 17.3. The molecule has 0 spiro atoms. The summed E-state index contributed by atoms with van der Waals surface area (Å²) in [5, 5.41) is 10.6. The van der Waals surface area contributed by atoms with E-state index in [0.717, 1.165) is 24.3 Å². The highest BCUT2D eigenvalue weighted by molar-refractivity contribution is 5.86. The fourth-order valence-corrected chi connectivity index (χ4v) is 3.42. The Morgan fingerprint density at radius 2 is 2.00 bits per heavy atom. The van der Waals surface area contributed by atoms with Crippen LogP contribution in [-0.2, 0) is 16.6 Å². The second-order valence-corrected chi connectivity index (χ2v) is 7.02. The maximum Gasteiger partial charge on any atom is 0.264 e. The number of ether oxygens (including phenoxy) is 2. The Morgan fingerprint density at radius 3 is 2.59 bits per heavy atom. The van der Waals surface area contributed by atoms with E-state index in [2.05, 4.69) is 15.7 Å². The number of rotatable bonds is 7. The predicted octanol–water partition coefficient (Wildman–Crippen LogP) is 1.73. The van der Waals surface area contributed by atoms with Gasteiger partial charge in [-0.05, 0) is 38.2 Å². The quantitative estimate of drug-likeness (QED) is 0.774. The summed E-state index contributed by atoms with van der Waals surface area (Å²) in [4.78, 5) is 13.3. The molecule has 0 aliphatic carbocycles. The average molecular weight is 372 g/mol. The Hall–Kier alpha value is -2.38. The van der Waals surface area contributed by atoms with E-state index in [1.54, 1.807) is 18.0 Å². The molecule has 1 aromatic heterocycles. The first-order valence-corrected chi connectivity index (χ1v) is 9.28. The van der Waals surface area contributed by atoms with Crippen LogP contribution in [0.4, 0.5) is 0 Å². The number of piperidine rings is 1. The van der Waals surface area contributed by atoms with E-state index in [-0.39, 0.29) is 11.9 Å². The second-order valence-electron chi connectivity index (χ2n) is 7.02. The summed E-state index contributed by atoms with van der Waals surface area (Å²) in [6.45, 7) is 3.87. The minimum atomic E-state index is -0.898. The standard InChI is InChI=1S/C20H28N4O3/c1-15-4-6-16(7-5-15)27-20(9-12-21-13-10-20)19(25)23-17(14-26-3)18-8-11-22-24(18)2/h4-8,11,17,21H,9-10,12-14H2,1-3H3,(H,23,25)/t17-/m0/s1. The van der Waals surface area contributed by atoms with Crippen LogP contribution in [0.3, 0.4) is 0 Å². The van der Waals surface area contributed by atoms with Gasteiger partial charge >= 0.3 is 0 Å². The minimum absolute atomic E-state index is 0.118. The van der Waals surface area contributed by atoms with Crippen molar-refractivity contribution in [2.45, 2.75) is 31.4 Å². The molecule has 7 heteroatoms. The first-order valence-electron chi connectivity index (χ1n) is 9.28. The molecule has 1 fully saturated rings. The van der Waals surface area contributed by atoms with Gasteiger partial charge in [0, 0.05) is 33.2 Å². The Kier molecular flexibility index (Phi) is 6.13.